The minimum atomic E-state index is 0. The first kappa shape index (κ1) is 18.5. The Labute approximate surface area is 161 Å². The van der Waals surface area contributed by atoms with Crippen molar-refractivity contribution in [1.29, 1.82) is 0 Å². The molecule has 140 valence electrons. The number of halogens is 1. The molecular weight excluding hydrogens is 368 g/mol. The molecule has 0 fully saturated rings. The molecule has 2 aromatic carbocycles. The number of aromatic amines is 1. The van der Waals surface area contributed by atoms with Crippen molar-refractivity contribution in [3.05, 3.63) is 42.2 Å². The second kappa shape index (κ2) is 7.55. The summed E-state index contributed by atoms with van der Waals surface area (Å²) in [5, 5.41) is 3.86. The van der Waals surface area contributed by atoms with Crippen LogP contribution in [-0.2, 0) is 6.54 Å². The number of aromatic nitrogens is 4. The normalized spacial score (nSPS) is 10.6. The number of para-hydroxylation sites is 2. The number of H-pyrrole nitrogens is 1. The Morgan fingerprint density at radius 1 is 1.00 bits per heavy atom. The molecule has 0 bridgehead atoms. The van der Waals surface area contributed by atoms with Crippen LogP contribution in [0.2, 0.25) is 0 Å². The van der Waals surface area contributed by atoms with E-state index in [1.54, 1.807) is 26.4 Å². The first-order chi connectivity index (χ1) is 12.7. The Hall–Kier alpha value is -3.26. The third-order valence-corrected chi connectivity index (χ3v) is 4.08. The van der Waals surface area contributed by atoms with Gasteiger partial charge in [-0.1, -0.05) is 12.1 Å². The second-order valence-electron chi connectivity index (χ2n) is 5.71. The van der Waals surface area contributed by atoms with Crippen LogP contribution in [0.15, 0.2) is 36.4 Å². The number of hydrogen-bond acceptors (Lipinski definition) is 7. The van der Waals surface area contributed by atoms with Crippen LogP contribution in [0, 0.1) is 0 Å². The summed E-state index contributed by atoms with van der Waals surface area (Å²) in [7, 11) is 3.15. The smallest absolute Gasteiger partial charge is 0.225 e. The number of methoxy groups -OCH3 is 2. The summed E-state index contributed by atoms with van der Waals surface area (Å²) in [6, 6.07) is 11.4. The first-order valence-corrected chi connectivity index (χ1v) is 8.04. The SMILES string of the molecule is COc1cc2nc(NCc3nc4ccccc4[nH]3)nc(N)c2cc1OC.Cl. The number of nitrogens with one attached hydrogen (secondary N) is 2. The lowest BCUT2D eigenvalue weighted by molar-refractivity contribution is 0.356. The lowest BCUT2D eigenvalue weighted by Crippen LogP contribution is -2.07. The van der Waals surface area contributed by atoms with Gasteiger partial charge in [0.15, 0.2) is 11.5 Å². The lowest BCUT2D eigenvalue weighted by atomic mass is 10.2. The maximum atomic E-state index is 6.09. The highest BCUT2D eigenvalue weighted by molar-refractivity contribution is 5.91. The molecule has 9 heteroatoms. The van der Waals surface area contributed by atoms with Gasteiger partial charge in [-0.05, 0) is 18.2 Å². The molecule has 2 heterocycles. The number of hydrogen-bond donors (Lipinski definition) is 3. The molecule has 0 amide bonds. The van der Waals surface area contributed by atoms with Gasteiger partial charge in [-0.2, -0.15) is 4.98 Å². The average Bonchev–Trinajstić information content (AvgIpc) is 3.08. The number of benzene rings is 2. The molecule has 0 aliphatic heterocycles. The molecule has 4 rings (SSSR count). The molecule has 2 aromatic heterocycles. The highest BCUT2D eigenvalue weighted by Crippen LogP contribution is 2.33. The van der Waals surface area contributed by atoms with Gasteiger partial charge in [0, 0.05) is 11.5 Å². The van der Waals surface area contributed by atoms with Crippen LogP contribution in [0.3, 0.4) is 0 Å². The van der Waals surface area contributed by atoms with Gasteiger partial charge in [-0.25, -0.2) is 9.97 Å². The molecule has 0 aliphatic carbocycles. The molecular formula is C18H19ClN6O2. The fraction of sp³-hybridized carbons (Fsp3) is 0.167. The summed E-state index contributed by atoms with van der Waals surface area (Å²) >= 11 is 0. The lowest BCUT2D eigenvalue weighted by Gasteiger charge is -2.11. The summed E-state index contributed by atoms with van der Waals surface area (Å²) in [6.07, 6.45) is 0. The Morgan fingerprint density at radius 2 is 1.74 bits per heavy atom. The summed E-state index contributed by atoms with van der Waals surface area (Å²) in [4.78, 5) is 16.6. The van der Waals surface area contributed by atoms with Crippen molar-refractivity contribution in [1.82, 2.24) is 19.9 Å². The Morgan fingerprint density at radius 3 is 2.48 bits per heavy atom. The fourth-order valence-corrected chi connectivity index (χ4v) is 2.81. The van der Waals surface area contributed by atoms with E-state index < -0.39 is 0 Å². The van der Waals surface area contributed by atoms with Gasteiger partial charge in [-0.15, -0.1) is 12.4 Å². The molecule has 0 radical (unpaired) electrons. The van der Waals surface area contributed by atoms with Crippen molar-refractivity contribution < 1.29 is 9.47 Å². The number of nitrogens with zero attached hydrogens (tertiary/aromatic N) is 3. The van der Waals surface area contributed by atoms with Crippen LogP contribution in [-0.4, -0.2) is 34.2 Å². The zero-order valence-electron chi connectivity index (χ0n) is 14.8. The molecule has 0 saturated heterocycles. The molecule has 0 unspecified atom stereocenters. The third-order valence-electron chi connectivity index (χ3n) is 4.08. The molecule has 4 aromatic rings. The maximum absolute atomic E-state index is 6.09. The van der Waals surface area contributed by atoms with E-state index in [9.17, 15) is 0 Å². The largest absolute Gasteiger partial charge is 0.493 e. The van der Waals surface area contributed by atoms with E-state index in [1.807, 2.05) is 24.3 Å². The Balaban J connectivity index is 0.00000210. The summed E-state index contributed by atoms with van der Waals surface area (Å²) in [6.45, 7) is 0.451. The summed E-state index contributed by atoms with van der Waals surface area (Å²) in [5.74, 6) is 2.74. The monoisotopic (exact) mass is 386 g/mol. The quantitative estimate of drug-likeness (QED) is 0.483. The van der Waals surface area contributed by atoms with Crippen molar-refractivity contribution in [2.75, 3.05) is 25.3 Å². The van der Waals surface area contributed by atoms with Gasteiger partial charge in [0.1, 0.15) is 11.6 Å². The van der Waals surface area contributed by atoms with Crippen LogP contribution in [0.25, 0.3) is 21.9 Å². The van der Waals surface area contributed by atoms with Crippen molar-refractivity contribution in [3.8, 4) is 11.5 Å². The highest BCUT2D eigenvalue weighted by Gasteiger charge is 2.12. The van der Waals surface area contributed by atoms with Crippen molar-refractivity contribution in [2.45, 2.75) is 6.54 Å². The molecule has 4 N–H and O–H groups in total. The minimum absolute atomic E-state index is 0. The number of nitrogen functional groups attached to an aromatic ring is 1. The van der Waals surface area contributed by atoms with Crippen LogP contribution < -0.4 is 20.5 Å². The number of fused-ring (bicyclic) bond motifs is 2. The van der Waals surface area contributed by atoms with Gasteiger partial charge in [0.25, 0.3) is 0 Å². The van der Waals surface area contributed by atoms with E-state index in [1.165, 1.54) is 0 Å². The Bertz CT molecular complexity index is 1070. The number of rotatable bonds is 5. The predicted molar refractivity (Wildman–Crippen MR) is 108 cm³/mol. The molecule has 27 heavy (non-hydrogen) atoms. The van der Waals surface area contributed by atoms with E-state index in [0.29, 0.717) is 40.7 Å². The van der Waals surface area contributed by atoms with Crippen LogP contribution >= 0.6 is 12.4 Å². The van der Waals surface area contributed by atoms with Gasteiger partial charge in [-0.3, -0.25) is 0 Å². The molecule has 8 nitrogen and oxygen atoms in total. The maximum Gasteiger partial charge on any atom is 0.225 e. The van der Waals surface area contributed by atoms with Crippen molar-refractivity contribution >= 4 is 46.1 Å². The molecule has 0 aliphatic rings. The van der Waals surface area contributed by atoms with E-state index in [4.69, 9.17) is 15.2 Å². The minimum Gasteiger partial charge on any atom is -0.493 e. The molecule has 0 spiro atoms. The van der Waals surface area contributed by atoms with Crippen LogP contribution in [0.5, 0.6) is 11.5 Å². The predicted octanol–water partition coefficient (Wildman–Crippen LogP) is 3.14. The van der Waals surface area contributed by atoms with Gasteiger partial charge in [0.05, 0.1) is 37.3 Å². The van der Waals surface area contributed by atoms with E-state index in [0.717, 1.165) is 16.9 Å². The highest BCUT2D eigenvalue weighted by atomic mass is 35.5. The van der Waals surface area contributed by atoms with E-state index in [-0.39, 0.29) is 12.4 Å². The standard InChI is InChI=1S/C18H18N6O2.ClH/c1-25-14-7-10-13(8-15(14)26-2)23-18(24-17(10)19)20-9-16-21-11-5-3-4-6-12(11)22-16;/h3-8H,9H2,1-2H3,(H,21,22)(H3,19,20,23,24);1H. The topological polar surface area (TPSA) is 111 Å². The van der Waals surface area contributed by atoms with E-state index in [2.05, 4.69) is 25.3 Å². The van der Waals surface area contributed by atoms with Gasteiger partial charge >= 0.3 is 0 Å². The van der Waals surface area contributed by atoms with E-state index >= 15 is 0 Å². The zero-order chi connectivity index (χ0) is 18.1. The first-order valence-electron chi connectivity index (χ1n) is 8.04. The fourth-order valence-electron chi connectivity index (χ4n) is 2.81. The average molecular weight is 387 g/mol. The number of ether oxygens (including phenoxy) is 2. The summed E-state index contributed by atoms with van der Waals surface area (Å²) < 4.78 is 10.6. The molecule has 0 saturated carbocycles. The number of nitrogens with two attached hydrogens (primary N) is 1. The zero-order valence-corrected chi connectivity index (χ0v) is 15.6. The summed E-state index contributed by atoms with van der Waals surface area (Å²) in [5.41, 5.74) is 8.66. The van der Waals surface area contributed by atoms with Crippen LogP contribution in [0.4, 0.5) is 11.8 Å². The van der Waals surface area contributed by atoms with Crippen molar-refractivity contribution in [2.24, 2.45) is 0 Å². The number of imidazole rings is 1. The van der Waals surface area contributed by atoms with Gasteiger partial charge < -0.3 is 25.5 Å². The second-order valence-corrected chi connectivity index (χ2v) is 5.71. The molecule has 0 atom stereocenters. The van der Waals surface area contributed by atoms with Gasteiger partial charge in [0.2, 0.25) is 5.95 Å². The number of anilines is 2. The van der Waals surface area contributed by atoms with Crippen molar-refractivity contribution in [3.63, 3.8) is 0 Å². The Kier molecular flexibility index (Phi) is 5.18. The third kappa shape index (κ3) is 3.52. The van der Waals surface area contributed by atoms with Crippen LogP contribution in [0.1, 0.15) is 5.82 Å².